The number of nitrogens with zero attached hydrogens (tertiary/aromatic N) is 1. The second-order valence-electron chi connectivity index (χ2n) is 9.16. The van der Waals surface area contributed by atoms with Crippen molar-refractivity contribution in [3.05, 3.63) is 95.9 Å². The first-order valence-corrected chi connectivity index (χ1v) is 11.3. The Bertz CT molecular complexity index is 1340. The number of rotatable bonds is 8. The molecule has 1 aromatic heterocycles. The molecule has 0 unspecified atom stereocenters. The Morgan fingerprint density at radius 2 is 1.58 bits per heavy atom. The molecular weight excluding hydrogens is 469 g/mol. The average molecular weight is 495 g/mol. The van der Waals surface area contributed by atoms with E-state index in [4.69, 9.17) is 9.84 Å². The van der Waals surface area contributed by atoms with Crippen LogP contribution in [0.25, 0.3) is 22.4 Å². The van der Waals surface area contributed by atoms with E-state index in [1.165, 1.54) is 18.3 Å². The van der Waals surface area contributed by atoms with Gasteiger partial charge in [-0.3, -0.25) is 4.79 Å². The minimum Gasteiger partial charge on any atom is -0.488 e. The van der Waals surface area contributed by atoms with Crippen molar-refractivity contribution in [2.45, 2.75) is 38.5 Å². The average Bonchev–Trinajstić information content (AvgIpc) is 3.34. The number of hydrogen-bond acceptors (Lipinski definition) is 3. The lowest BCUT2D eigenvalue weighted by atomic mass is 9.88. The van der Waals surface area contributed by atoms with E-state index in [2.05, 4.69) is 9.97 Å². The molecule has 0 aliphatic heterocycles. The molecule has 2 N–H and O–H groups in total. The van der Waals surface area contributed by atoms with Crippen LogP contribution in [0.1, 0.15) is 37.2 Å². The lowest BCUT2D eigenvalue weighted by Gasteiger charge is -2.19. The zero-order chi connectivity index (χ0) is 25.9. The van der Waals surface area contributed by atoms with Gasteiger partial charge in [0.1, 0.15) is 18.2 Å². The van der Waals surface area contributed by atoms with Gasteiger partial charge in [0.2, 0.25) is 0 Å². The van der Waals surface area contributed by atoms with Gasteiger partial charge in [0.05, 0.1) is 23.9 Å². The maximum absolute atomic E-state index is 13.9. The third kappa shape index (κ3) is 5.76. The number of halogens is 3. The van der Waals surface area contributed by atoms with Crippen molar-refractivity contribution < 1.29 is 27.8 Å². The highest BCUT2D eigenvalue weighted by atomic mass is 19.4. The Balaban J connectivity index is 1.54. The van der Waals surface area contributed by atoms with Crippen molar-refractivity contribution >= 4 is 5.97 Å². The maximum atomic E-state index is 13.9. The summed E-state index contributed by atoms with van der Waals surface area (Å²) in [5.74, 6) is -0.884. The van der Waals surface area contributed by atoms with Crippen LogP contribution < -0.4 is 4.74 Å². The van der Waals surface area contributed by atoms with Crippen molar-refractivity contribution in [3.63, 3.8) is 0 Å². The quantitative estimate of drug-likeness (QED) is 0.274. The summed E-state index contributed by atoms with van der Waals surface area (Å²) in [5.41, 5.74) is 1.71. The van der Waals surface area contributed by atoms with Crippen LogP contribution in [0.3, 0.4) is 0 Å². The Morgan fingerprint density at radius 1 is 0.944 bits per heavy atom. The number of alkyl halides is 3. The SMILES string of the molecule is CC(C)(CC(=O)O)c1ncc(-c2ccc(OCc3ccc(-c4ccccc4)cc3)c(C(F)(F)F)c2)[nH]1. The molecule has 0 aliphatic rings. The van der Waals surface area contributed by atoms with Crippen LogP contribution in [0.2, 0.25) is 0 Å². The summed E-state index contributed by atoms with van der Waals surface area (Å²) in [7, 11) is 0. The molecule has 0 fully saturated rings. The minimum absolute atomic E-state index is 0.0188. The third-order valence-electron chi connectivity index (χ3n) is 5.86. The van der Waals surface area contributed by atoms with Crippen molar-refractivity contribution in [3.8, 4) is 28.1 Å². The molecule has 0 saturated heterocycles. The van der Waals surface area contributed by atoms with Crippen LogP contribution in [0.15, 0.2) is 79.0 Å². The van der Waals surface area contributed by atoms with E-state index in [1.807, 2.05) is 54.6 Å². The molecule has 4 rings (SSSR count). The van der Waals surface area contributed by atoms with Gasteiger partial charge in [-0.15, -0.1) is 0 Å². The highest BCUT2D eigenvalue weighted by molar-refractivity contribution is 5.69. The van der Waals surface area contributed by atoms with Gasteiger partial charge in [0, 0.05) is 11.0 Å². The number of ether oxygens (including phenoxy) is 1. The summed E-state index contributed by atoms with van der Waals surface area (Å²) in [4.78, 5) is 18.3. The van der Waals surface area contributed by atoms with Crippen LogP contribution in [0.4, 0.5) is 13.2 Å². The lowest BCUT2D eigenvalue weighted by molar-refractivity contribution is -0.139. The van der Waals surface area contributed by atoms with Crippen molar-refractivity contribution in [2.24, 2.45) is 0 Å². The Morgan fingerprint density at radius 3 is 2.22 bits per heavy atom. The zero-order valence-corrected chi connectivity index (χ0v) is 19.8. The van der Waals surface area contributed by atoms with E-state index in [0.29, 0.717) is 11.5 Å². The van der Waals surface area contributed by atoms with Gasteiger partial charge >= 0.3 is 12.1 Å². The Hall–Kier alpha value is -4.07. The summed E-state index contributed by atoms with van der Waals surface area (Å²) in [6.45, 7) is 3.39. The second-order valence-corrected chi connectivity index (χ2v) is 9.16. The maximum Gasteiger partial charge on any atom is 0.419 e. The minimum atomic E-state index is -4.63. The fourth-order valence-corrected chi connectivity index (χ4v) is 3.90. The van der Waals surface area contributed by atoms with Crippen LogP contribution in [0.5, 0.6) is 5.75 Å². The molecule has 0 atom stereocenters. The third-order valence-corrected chi connectivity index (χ3v) is 5.86. The molecule has 0 radical (unpaired) electrons. The molecule has 0 saturated carbocycles. The monoisotopic (exact) mass is 494 g/mol. The van der Waals surface area contributed by atoms with Crippen molar-refractivity contribution in [1.82, 2.24) is 9.97 Å². The molecule has 4 aromatic rings. The highest BCUT2D eigenvalue weighted by Crippen LogP contribution is 2.39. The molecular formula is C28H25F3N2O3. The fourth-order valence-electron chi connectivity index (χ4n) is 3.90. The smallest absolute Gasteiger partial charge is 0.419 e. The van der Waals surface area contributed by atoms with E-state index in [1.54, 1.807) is 13.8 Å². The topological polar surface area (TPSA) is 75.2 Å². The predicted molar refractivity (Wildman–Crippen MR) is 131 cm³/mol. The molecule has 0 spiro atoms. The molecule has 0 bridgehead atoms. The largest absolute Gasteiger partial charge is 0.488 e. The number of H-pyrrole nitrogens is 1. The molecule has 1 heterocycles. The molecule has 0 amide bonds. The van der Waals surface area contributed by atoms with E-state index in [-0.39, 0.29) is 24.3 Å². The first kappa shape index (κ1) is 25.0. The number of aromatic amines is 1. The zero-order valence-electron chi connectivity index (χ0n) is 19.8. The Kier molecular flexibility index (Phi) is 6.88. The fraction of sp³-hybridized carbons (Fsp3) is 0.214. The predicted octanol–water partition coefficient (Wildman–Crippen LogP) is 7.09. The molecule has 3 aromatic carbocycles. The molecule has 0 aliphatic carbocycles. The lowest BCUT2D eigenvalue weighted by Crippen LogP contribution is -2.23. The number of benzene rings is 3. The molecule has 36 heavy (non-hydrogen) atoms. The second kappa shape index (κ2) is 9.89. The van der Waals surface area contributed by atoms with Crippen LogP contribution >= 0.6 is 0 Å². The normalized spacial score (nSPS) is 11.9. The van der Waals surface area contributed by atoms with Crippen LogP contribution in [0, 0.1) is 0 Å². The van der Waals surface area contributed by atoms with Gasteiger partial charge < -0.3 is 14.8 Å². The molecule has 8 heteroatoms. The first-order chi connectivity index (χ1) is 17.0. The summed E-state index contributed by atoms with van der Waals surface area (Å²) in [5, 5.41) is 9.11. The van der Waals surface area contributed by atoms with E-state index < -0.39 is 23.1 Å². The van der Waals surface area contributed by atoms with Crippen molar-refractivity contribution in [1.29, 1.82) is 0 Å². The van der Waals surface area contributed by atoms with Gasteiger partial charge in [-0.1, -0.05) is 68.4 Å². The van der Waals surface area contributed by atoms with Gasteiger partial charge in [0.25, 0.3) is 0 Å². The molecule has 186 valence electrons. The van der Waals surface area contributed by atoms with Gasteiger partial charge in [-0.2, -0.15) is 13.2 Å². The number of carboxylic acids is 1. The number of aliphatic carboxylic acids is 1. The number of aromatic nitrogens is 2. The van der Waals surface area contributed by atoms with E-state index >= 15 is 0 Å². The van der Waals surface area contributed by atoms with E-state index in [0.717, 1.165) is 22.8 Å². The first-order valence-electron chi connectivity index (χ1n) is 11.3. The summed E-state index contributed by atoms with van der Waals surface area (Å²) < 4.78 is 47.2. The van der Waals surface area contributed by atoms with Crippen LogP contribution in [-0.2, 0) is 23.0 Å². The number of imidazole rings is 1. The molecule has 5 nitrogen and oxygen atoms in total. The Labute approximate surface area is 206 Å². The van der Waals surface area contributed by atoms with Gasteiger partial charge in [-0.25, -0.2) is 4.98 Å². The van der Waals surface area contributed by atoms with Gasteiger partial charge in [0.15, 0.2) is 0 Å². The van der Waals surface area contributed by atoms with Crippen molar-refractivity contribution in [2.75, 3.05) is 0 Å². The van der Waals surface area contributed by atoms with Crippen LogP contribution in [-0.4, -0.2) is 21.0 Å². The highest BCUT2D eigenvalue weighted by Gasteiger charge is 2.35. The standard InChI is InChI=1S/C28H25F3N2O3/c1-27(2,15-25(34)35)26-32-16-23(33-26)21-12-13-24(22(14-21)28(29,30)31)36-17-18-8-10-20(11-9-18)19-6-4-3-5-7-19/h3-14,16H,15,17H2,1-2H3,(H,32,33)(H,34,35). The van der Waals surface area contributed by atoms with Gasteiger partial charge in [-0.05, 0) is 34.9 Å². The number of carbonyl (C=O) groups is 1. The number of carboxylic acid groups (broad SMARTS) is 1. The number of hydrogen-bond donors (Lipinski definition) is 2. The summed E-state index contributed by atoms with van der Waals surface area (Å²) in [6, 6.07) is 21.1. The summed E-state index contributed by atoms with van der Waals surface area (Å²) in [6.07, 6.45) is -3.40. The summed E-state index contributed by atoms with van der Waals surface area (Å²) >= 11 is 0. The number of nitrogens with one attached hydrogen (secondary N) is 1. The van der Waals surface area contributed by atoms with E-state index in [9.17, 15) is 18.0 Å².